The Morgan fingerprint density at radius 3 is 2.55 bits per heavy atom. The molecule has 1 rings (SSSR count). The molecule has 0 spiro atoms. The van der Waals surface area contributed by atoms with Crippen LogP contribution in [-0.2, 0) is 0 Å². The molecule has 1 aliphatic rings. The molecule has 0 aromatic rings. The van der Waals surface area contributed by atoms with Crippen LogP contribution in [0, 0.1) is 0 Å². The smallest absolute Gasteiger partial charge is 0.408 e. The van der Waals surface area contributed by atoms with Crippen LogP contribution >= 0.6 is 0 Å². The Hall–Kier alpha value is -0.735. The quantitative estimate of drug-likeness (QED) is 0.526. The first-order chi connectivity index (χ1) is 5.09. The third-order valence-electron chi connectivity index (χ3n) is 1.57. The van der Waals surface area contributed by atoms with Gasteiger partial charge in [0.25, 0.3) is 0 Å². The van der Waals surface area contributed by atoms with E-state index in [1.165, 1.54) is 4.81 Å². The van der Waals surface area contributed by atoms with Crippen LogP contribution in [-0.4, -0.2) is 28.7 Å². The van der Waals surface area contributed by atoms with Gasteiger partial charge in [-0.1, -0.05) is 11.6 Å². The van der Waals surface area contributed by atoms with E-state index in [1.807, 2.05) is 19.9 Å². The van der Waals surface area contributed by atoms with Crippen molar-refractivity contribution in [3.05, 3.63) is 23.4 Å². The lowest BCUT2D eigenvalue weighted by Crippen LogP contribution is -2.37. The van der Waals surface area contributed by atoms with E-state index in [9.17, 15) is 0 Å². The van der Waals surface area contributed by atoms with Gasteiger partial charge in [0, 0.05) is 6.54 Å². The van der Waals surface area contributed by atoms with E-state index < -0.39 is 7.25 Å². The molecule has 0 aromatic carbocycles. The molecule has 0 aliphatic carbocycles. The van der Waals surface area contributed by atoms with Crippen molar-refractivity contribution in [1.29, 1.82) is 0 Å². The van der Waals surface area contributed by atoms with E-state index in [1.54, 1.807) is 6.20 Å². The van der Waals surface area contributed by atoms with Gasteiger partial charge in [-0.2, -0.15) is 0 Å². The van der Waals surface area contributed by atoms with Crippen molar-refractivity contribution in [3.63, 3.8) is 0 Å². The van der Waals surface area contributed by atoms with Gasteiger partial charge >= 0.3 is 7.25 Å². The number of nitrogens with zero attached hydrogens (tertiary/aromatic N) is 1. The molecule has 0 atom stereocenters. The van der Waals surface area contributed by atoms with Crippen LogP contribution in [0.1, 0.15) is 13.8 Å². The fourth-order valence-corrected chi connectivity index (χ4v) is 1.22. The molecule has 0 radical (unpaired) electrons. The minimum atomic E-state index is -1.38. The Bertz CT molecular complexity index is 210. The second kappa shape index (κ2) is 3.11. The van der Waals surface area contributed by atoms with Crippen molar-refractivity contribution in [3.8, 4) is 0 Å². The van der Waals surface area contributed by atoms with Crippen molar-refractivity contribution < 1.29 is 10.0 Å². The van der Waals surface area contributed by atoms with Gasteiger partial charge in [-0.25, -0.2) is 0 Å². The molecule has 2 N–H and O–H groups in total. The highest BCUT2D eigenvalue weighted by Crippen LogP contribution is 2.12. The summed E-state index contributed by atoms with van der Waals surface area (Å²) in [6, 6.07) is 0. The average Bonchev–Trinajstić information content (AvgIpc) is 1.85. The second-order valence-electron chi connectivity index (χ2n) is 2.88. The number of rotatable bonds is 1. The topological polar surface area (TPSA) is 43.7 Å². The molecular weight excluding hydrogens is 141 g/mol. The molecule has 11 heavy (non-hydrogen) atoms. The fraction of sp³-hybridized carbons (Fsp3) is 0.429. The van der Waals surface area contributed by atoms with E-state index in [4.69, 9.17) is 10.0 Å². The standard InChI is InChI=1S/C7H12BNO2/c1-6-3-7(2)5-9(4-6)8(10)11/h3-4,10-11H,5H2,1-2H3. The molecule has 1 aliphatic heterocycles. The fourth-order valence-electron chi connectivity index (χ4n) is 1.22. The Balaban J connectivity index is 2.71. The summed E-state index contributed by atoms with van der Waals surface area (Å²) in [6.07, 6.45) is 3.76. The number of hydrogen-bond donors (Lipinski definition) is 2. The van der Waals surface area contributed by atoms with Crippen molar-refractivity contribution in [1.82, 2.24) is 4.81 Å². The summed E-state index contributed by atoms with van der Waals surface area (Å²) in [5.41, 5.74) is 2.18. The van der Waals surface area contributed by atoms with Crippen LogP contribution in [0.3, 0.4) is 0 Å². The third kappa shape index (κ3) is 2.10. The molecule has 0 amide bonds. The van der Waals surface area contributed by atoms with Crippen molar-refractivity contribution in [2.24, 2.45) is 0 Å². The summed E-state index contributed by atoms with van der Waals surface area (Å²) in [4.78, 5) is 1.48. The molecule has 4 heteroatoms. The van der Waals surface area contributed by atoms with Crippen LogP contribution < -0.4 is 0 Å². The van der Waals surface area contributed by atoms with Gasteiger partial charge in [-0.3, -0.25) is 0 Å². The van der Waals surface area contributed by atoms with Crippen LogP contribution in [0.2, 0.25) is 0 Å². The lowest BCUT2D eigenvalue weighted by molar-refractivity contribution is 0.322. The summed E-state index contributed by atoms with van der Waals surface area (Å²) >= 11 is 0. The largest absolute Gasteiger partial charge is 0.587 e. The molecular formula is C7H12BNO2. The second-order valence-corrected chi connectivity index (χ2v) is 2.88. The van der Waals surface area contributed by atoms with Crippen LogP contribution in [0.25, 0.3) is 0 Å². The van der Waals surface area contributed by atoms with Gasteiger partial charge in [-0.05, 0) is 25.6 Å². The molecule has 0 fully saturated rings. The average molecular weight is 153 g/mol. The zero-order valence-corrected chi connectivity index (χ0v) is 6.78. The maximum atomic E-state index is 8.82. The van der Waals surface area contributed by atoms with Gasteiger partial charge in [0.15, 0.2) is 0 Å². The lowest BCUT2D eigenvalue weighted by Gasteiger charge is -2.23. The Kier molecular flexibility index (Phi) is 2.36. The van der Waals surface area contributed by atoms with E-state index in [0.29, 0.717) is 6.54 Å². The van der Waals surface area contributed by atoms with E-state index in [2.05, 4.69) is 0 Å². The van der Waals surface area contributed by atoms with Crippen molar-refractivity contribution in [2.75, 3.05) is 6.54 Å². The Labute approximate surface area is 66.8 Å². The van der Waals surface area contributed by atoms with Gasteiger partial charge in [0.2, 0.25) is 0 Å². The highest BCUT2D eigenvalue weighted by atomic mass is 16.4. The van der Waals surface area contributed by atoms with Crippen molar-refractivity contribution >= 4 is 7.25 Å². The third-order valence-corrected chi connectivity index (χ3v) is 1.57. The maximum Gasteiger partial charge on any atom is 0.587 e. The first-order valence-corrected chi connectivity index (χ1v) is 3.57. The van der Waals surface area contributed by atoms with Gasteiger partial charge < -0.3 is 14.9 Å². The minimum Gasteiger partial charge on any atom is -0.408 e. The Morgan fingerprint density at radius 2 is 2.09 bits per heavy atom. The predicted octanol–water partition coefficient (Wildman–Crippen LogP) is 0.122. The lowest BCUT2D eigenvalue weighted by atomic mass is 10.0. The summed E-state index contributed by atoms with van der Waals surface area (Å²) in [7, 11) is -1.38. The highest BCUT2D eigenvalue weighted by molar-refractivity contribution is 6.38. The van der Waals surface area contributed by atoms with Gasteiger partial charge in [0.05, 0.1) is 0 Å². The molecule has 0 aromatic heterocycles. The van der Waals surface area contributed by atoms with Crippen LogP contribution in [0.4, 0.5) is 0 Å². The molecule has 0 saturated carbocycles. The van der Waals surface area contributed by atoms with E-state index in [-0.39, 0.29) is 0 Å². The minimum absolute atomic E-state index is 0.592. The van der Waals surface area contributed by atoms with Gasteiger partial charge in [-0.15, -0.1) is 0 Å². The molecule has 0 saturated heterocycles. The first kappa shape index (κ1) is 8.36. The molecule has 1 heterocycles. The first-order valence-electron chi connectivity index (χ1n) is 3.57. The zero-order valence-electron chi connectivity index (χ0n) is 6.78. The molecule has 3 nitrogen and oxygen atoms in total. The van der Waals surface area contributed by atoms with E-state index >= 15 is 0 Å². The summed E-state index contributed by atoms with van der Waals surface area (Å²) < 4.78 is 0. The van der Waals surface area contributed by atoms with Crippen LogP contribution in [0.5, 0.6) is 0 Å². The molecule has 0 unspecified atom stereocenters. The Morgan fingerprint density at radius 1 is 1.45 bits per heavy atom. The van der Waals surface area contributed by atoms with Crippen molar-refractivity contribution in [2.45, 2.75) is 13.8 Å². The number of allylic oxidation sites excluding steroid dienone is 2. The summed E-state index contributed by atoms with van der Waals surface area (Å²) in [6.45, 7) is 4.49. The molecule has 60 valence electrons. The molecule has 0 bridgehead atoms. The SMILES string of the molecule is CC1=CN(B(O)O)CC(C)=C1. The highest BCUT2D eigenvalue weighted by Gasteiger charge is 2.19. The van der Waals surface area contributed by atoms with Gasteiger partial charge in [0.1, 0.15) is 0 Å². The van der Waals surface area contributed by atoms with Crippen LogP contribution in [0.15, 0.2) is 23.4 Å². The maximum absolute atomic E-state index is 8.82. The van der Waals surface area contributed by atoms with E-state index in [0.717, 1.165) is 11.1 Å². The summed E-state index contributed by atoms with van der Waals surface area (Å²) in [5.74, 6) is 0. The monoisotopic (exact) mass is 153 g/mol. The zero-order chi connectivity index (χ0) is 8.43. The predicted molar refractivity (Wildman–Crippen MR) is 44.4 cm³/mol. The summed E-state index contributed by atoms with van der Waals surface area (Å²) in [5, 5.41) is 17.6. The normalized spacial score (nSPS) is 17.6. The number of hydrogen-bond acceptors (Lipinski definition) is 3.